The van der Waals surface area contributed by atoms with Crippen molar-refractivity contribution in [2.75, 3.05) is 0 Å². The summed E-state index contributed by atoms with van der Waals surface area (Å²) in [5.41, 5.74) is 3.14. The average molecular weight is 274 g/mol. The van der Waals surface area contributed by atoms with Gasteiger partial charge in [-0.3, -0.25) is 0 Å². The maximum Gasteiger partial charge on any atom is 0.0765 e. The molecule has 0 aliphatic heterocycles. The van der Waals surface area contributed by atoms with Gasteiger partial charge >= 0.3 is 0 Å². The first-order valence-corrected chi connectivity index (χ1v) is 5.63. The van der Waals surface area contributed by atoms with Gasteiger partial charge < -0.3 is 5.11 Å². The minimum atomic E-state index is -0.439. The van der Waals surface area contributed by atoms with Crippen LogP contribution in [-0.2, 0) is 6.42 Å². The van der Waals surface area contributed by atoms with E-state index in [1.165, 1.54) is 0 Å². The van der Waals surface area contributed by atoms with E-state index in [0.29, 0.717) is 0 Å². The number of halogens is 2. The van der Waals surface area contributed by atoms with Gasteiger partial charge in [0.25, 0.3) is 0 Å². The molecule has 0 spiro atoms. The van der Waals surface area contributed by atoms with Crippen LogP contribution >= 0.6 is 27.5 Å². The van der Waals surface area contributed by atoms with Gasteiger partial charge in [-0.1, -0.05) is 33.6 Å². The van der Waals surface area contributed by atoms with Crippen LogP contribution in [0.1, 0.15) is 18.1 Å². The molecule has 0 radical (unpaired) electrons. The second-order valence-corrected chi connectivity index (χ2v) is 4.68. The second-order valence-electron chi connectivity index (χ2n) is 3.42. The van der Waals surface area contributed by atoms with Crippen molar-refractivity contribution in [1.82, 2.24) is 0 Å². The molecule has 1 unspecified atom stereocenters. The molecule has 0 saturated carbocycles. The molecule has 1 N–H and O–H groups in total. The molecule has 14 heavy (non-hydrogen) atoms. The highest BCUT2D eigenvalue weighted by atomic mass is 79.9. The quantitative estimate of drug-likeness (QED) is 0.831. The van der Waals surface area contributed by atoms with Crippen molar-refractivity contribution in [3.63, 3.8) is 0 Å². The van der Waals surface area contributed by atoms with E-state index < -0.39 is 6.10 Å². The van der Waals surface area contributed by atoms with Crippen LogP contribution in [0.15, 0.2) is 22.7 Å². The van der Waals surface area contributed by atoms with Crippen molar-refractivity contribution in [2.45, 2.75) is 19.4 Å². The third kappa shape index (κ3) is 1.52. The topological polar surface area (TPSA) is 20.2 Å². The molecule has 2 rings (SSSR count). The molecule has 0 aromatic heterocycles. The summed E-state index contributed by atoms with van der Waals surface area (Å²) < 4.78 is 1.00. The molecule has 3 heteroatoms. The summed E-state index contributed by atoms with van der Waals surface area (Å²) in [4.78, 5) is 0. The van der Waals surface area contributed by atoms with Gasteiger partial charge in [-0.05, 0) is 42.2 Å². The lowest BCUT2D eigenvalue weighted by Crippen LogP contribution is -2.02. The van der Waals surface area contributed by atoms with E-state index in [1.54, 1.807) is 6.92 Å². The molecule has 1 nitrogen and oxygen atoms in total. The number of aliphatic hydroxyl groups is 1. The SMILES string of the molecule is CC(O)C1=CCc2c(Cl)ccc(Br)c21. The number of rotatable bonds is 1. The van der Waals surface area contributed by atoms with Crippen LogP contribution in [0.4, 0.5) is 0 Å². The van der Waals surface area contributed by atoms with Crippen molar-refractivity contribution in [1.29, 1.82) is 0 Å². The van der Waals surface area contributed by atoms with Crippen molar-refractivity contribution in [3.05, 3.63) is 38.8 Å². The summed E-state index contributed by atoms with van der Waals surface area (Å²) in [6.07, 6.45) is 2.41. The van der Waals surface area contributed by atoms with Gasteiger partial charge in [0.05, 0.1) is 6.10 Å². The Kier molecular flexibility index (Phi) is 2.69. The van der Waals surface area contributed by atoms with Gasteiger partial charge in [0.2, 0.25) is 0 Å². The first kappa shape index (κ1) is 10.2. The molecule has 0 heterocycles. The molecule has 1 atom stereocenters. The summed E-state index contributed by atoms with van der Waals surface area (Å²) in [7, 11) is 0. The molecule has 1 aromatic rings. The first-order chi connectivity index (χ1) is 6.61. The summed E-state index contributed by atoms with van der Waals surface area (Å²) >= 11 is 9.56. The summed E-state index contributed by atoms with van der Waals surface area (Å²) in [5, 5.41) is 10.4. The molecule has 1 aliphatic rings. The van der Waals surface area contributed by atoms with Gasteiger partial charge in [-0.15, -0.1) is 0 Å². The molecule has 0 fully saturated rings. The number of allylic oxidation sites excluding steroid dienone is 1. The predicted octanol–water partition coefficient (Wildman–Crippen LogP) is 3.42. The molecule has 0 amide bonds. The van der Waals surface area contributed by atoms with Crippen LogP contribution in [-0.4, -0.2) is 11.2 Å². The maximum atomic E-state index is 9.58. The van der Waals surface area contributed by atoms with E-state index in [0.717, 1.165) is 32.6 Å². The Labute approximate surface area is 96.5 Å². The highest BCUT2D eigenvalue weighted by molar-refractivity contribution is 9.10. The number of hydrogen-bond acceptors (Lipinski definition) is 1. The van der Waals surface area contributed by atoms with E-state index >= 15 is 0 Å². The molecule has 1 aliphatic carbocycles. The first-order valence-electron chi connectivity index (χ1n) is 4.46. The van der Waals surface area contributed by atoms with E-state index in [4.69, 9.17) is 11.6 Å². The fourth-order valence-corrected chi connectivity index (χ4v) is 2.63. The maximum absolute atomic E-state index is 9.58. The Balaban J connectivity index is 2.60. The summed E-state index contributed by atoms with van der Waals surface area (Å²) in [6.45, 7) is 1.77. The minimum Gasteiger partial charge on any atom is -0.389 e. The largest absolute Gasteiger partial charge is 0.389 e. The van der Waals surface area contributed by atoms with Gasteiger partial charge in [0, 0.05) is 9.50 Å². The molecule has 0 bridgehead atoms. The molecule has 74 valence electrons. The van der Waals surface area contributed by atoms with Crippen LogP contribution in [0.25, 0.3) is 5.57 Å². The molecule has 1 aromatic carbocycles. The third-order valence-electron chi connectivity index (χ3n) is 2.47. The van der Waals surface area contributed by atoms with Crippen molar-refractivity contribution in [2.24, 2.45) is 0 Å². The number of hydrogen-bond donors (Lipinski definition) is 1. The van der Waals surface area contributed by atoms with E-state index in [2.05, 4.69) is 15.9 Å². The fraction of sp³-hybridized carbons (Fsp3) is 0.273. The Hall–Kier alpha value is -0.310. The average Bonchev–Trinajstić information content (AvgIpc) is 2.56. The number of benzene rings is 1. The van der Waals surface area contributed by atoms with E-state index in [9.17, 15) is 5.11 Å². The molecular weight excluding hydrogens is 263 g/mol. The molecule has 0 saturated heterocycles. The summed E-state index contributed by atoms with van der Waals surface area (Å²) in [5.74, 6) is 0. The van der Waals surface area contributed by atoms with Gasteiger partial charge in [0.1, 0.15) is 0 Å². The molecular formula is C11H10BrClO. The third-order valence-corrected chi connectivity index (χ3v) is 3.48. The summed E-state index contributed by atoms with van der Waals surface area (Å²) in [6, 6.07) is 3.80. The second kappa shape index (κ2) is 3.69. The van der Waals surface area contributed by atoms with E-state index in [1.807, 2.05) is 18.2 Å². The zero-order chi connectivity index (χ0) is 10.3. The lowest BCUT2D eigenvalue weighted by molar-refractivity contribution is 0.253. The lowest BCUT2D eigenvalue weighted by Gasteiger charge is -2.11. The number of aliphatic hydroxyl groups excluding tert-OH is 1. The van der Waals surface area contributed by atoms with Gasteiger partial charge in [0.15, 0.2) is 0 Å². The smallest absolute Gasteiger partial charge is 0.0765 e. The lowest BCUT2D eigenvalue weighted by atomic mass is 10.0. The normalized spacial score (nSPS) is 16.4. The Bertz CT molecular complexity index is 410. The van der Waals surface area contributed by atoms with Crippen LogP contribution in [0.2, 0.25) is 5.02 Å². The minimum absolute atomic E-state index is 0.439. The van der Waals surface area contributed by atoms with E-state index in [-0.39, 0.29) is 0 Å². The highest BCUT2D eigenvalue weighted by Gasteiger charge is 2.22. The predicted molar refractivity (Wildman–Crippen MR) is 62.5 cm³/mol. The van der Waals surface area contributed by atoms with Crippen molar-refractivity contribution < 1.29 is 5.11 Å². The van der Waals surface area contributed by atoms with Crippen LogP contribution < -0.4 is 0 Å². The Morgan fingerprint density at radius 1 is 1.50 bits per heavy atom. The van der Waals surface area contributed by atoms with Gasteiger partial charge in [-0.2, -0.15) is 0 Å². The standard InChI is InChI=1S/C11H10BrClO/c1-6(14)7-2-3-8-10(13)5-4-9(12)11(7)8/h2,4-6,14H,3H2,1H3. The number of fused-ring (bicyclic) bond motifs is 1. The Morgan fingerprint density at radius 3 is 2.86 bits per heavy atom. The fourth-order valence-electron chi connectivity index (χ4n) is 1.80. The van der Waals surface area contributed by atoms with Crippen LogP contribution in [0.5, 0.6) is 0 Å². The van der Waals surface area contributed by atoms with Gasteiger partial charge in [-0.25, -0.2) is 0 Å². The van der Waals surface area contributed by atoms with Crippen molar-refractivity contribution in [3.8, 4) is 0 Å². The monoisotopic (exact) mass is 272 g/mol. The van der Waals surface area contributed by atoms with Crippen LogP contribution in [0, 0.1) is 0 Å². The van der Waals surface area contributed by atoms with Crippen molar-refractivity contribution >= 4 is 33.1 Å². The Morgan fingerprint density at radius 2 is 2.21 bits per heavy atom. The van der Waals surface area contributed by atoms with Crippen LogP contribution in [0.3, 0.4) is 0 Å². The zero-order valence-corrected chi connectivity index (χ0v) is 10.1. The highest BCUT2D eigenvalue weighted by Crippen LogP contribution is 2.39. The zero-order valence-electron chi connectivity index (χ0n) is 7.72.